The lowest BCUT2D eigenvalue weighted by molar-refractivity contribution is 0.581. The first kappa shape index (κ1) is 13.7. The van der Waals surface area contributed by atoms with Crippen LogP contribution in [0, 0.1) is 11.7 Å². The van der Waals surface area contributed by atoms with Gasteiger partial charge in [0.15, 0.2) is 0 Å². The molecule has 0 amide bonds. The number of hydrogen-bond acceptors (Lipinski definition) is 3. The average molecular weight is 297 g/mol. The van der Waals surface area contributed by atoms with Crippen LogP contribution in [0.1, 0.15) is 49.0 Å². The molecule has 1 heterocycles. The second kappa shape index (κ2) is 5.34. The smallest absolute Gasteiger partial charge is 0.133 e. The van der Waals surface area contributed by atoms with Crippen molar-refractivity contribution in [2.75, 3.05) is 11.9 Å². The van der Waals surface area contributed by atoms with Crippen LogP contribution < -0.4 is 4.90 Å². The van der Waals surface area contributed by atoms with E-state index in [2.05, 4.69) is 16.9 Å². The Morgan fingerprint density at radius 2 is 1.82 bits per heavy atom. The molecule has 1 aromatic heterocycles. The lowest BCUT2D eigenvalue weighted by atomic mass is 10.0. The molecule has 4 heteroatoms. The molecule has 4 rings (SSSR count). The molecule has 2 saturated carbocycles. The third kappa shape index (κ3) is 2.70. The first-order valence-electron chi connectivity index (χ1n) is 8.03. The van der Waals surface area contributed by atoms with E-state index >= 15 is 0 Å². The van der Waals surface area contributed by atoms with Gasteiger partial charge in [0.1, 0.15) is 17.5 Å². The summed E-state index contributed by atoms with van der Waals surface area (Å²) in [6.07, 6.45) is 6.73. The summed E-state index contributed by atoms with van der Waals surface area (Å²) in [6.45, 7) is 0. The predicted molar refractivity (Wildman–Crippen MR) is 84.3 cm³/mol. The molecule has 0 bridgehead atoms. The van der Waals surface area contributed by atoms with Gasteiger partial charge in [-0.05, 0) is 55.4 Å². The molecular formula is C18H20FN3. The summed E-state index contributed by atoms with van der Waals surface area (Å²) in [7, 11) is 2.09. The van der Waals surface area contributed by atoms with Gasteiger partial charge in [0, 0.05) is 19.2 Å². The Morgan fingerprint density at radius 1 is 1.09 bits per heavy atom. The van der Waals surface area contributed by atoms with Crippen molar-refractivity contribution in [2.45, 2.75) is 37.6 Å². The van der Waals surface area contributed by atoms with E-state index in [9.17, 15) is 4.39 Å². The molecule has 1 aromatic carbocycles. The number of benzene rings is 1. The fourth-order valence-corrected chi connectivity index (χ4v) is 3.12. The second-order valence-electron chi connectivity index (χ2n) is 6.49. The lowest BCUT2D eigenvalue weighted by Crippen LogP contribution is -2.27. The molecule has 1 atom stereocenters. The summed E-state index contributed by atoms with van der Waals surface area (Å²) in [5, 5.41) is 0. The SMILES string of the molecule is CN(c1ccnc(C2CC2)n1)C(c1ccc(F)cc1)C1CC1. The largest absolute Gasteiger partial charge is 0.352 e. The van der Waals surface area contributed by atoms with E-state index in [1.165, 1.54) is 25.7 Å². The highest BCUT2D eigenvalue weighted by molar-refractivity contribution is 5.42. The normalized spacial score (nSPS) is 19.0. The van der Waals surface area contributed by atoms with Gasteiger partial charge in [-0.3, -0.25) is 0 Å². The Morgan fingerprint density at radius 3 is 2.45 bits per heavy atom. The zero-order valence-electron chi connectivity index (χ0n) is 12.7. The summed E-state index contributed by atoms with van der Waals surface area (Å²) in [5.41, 5.74) is 1.16. The number of rotatable bonds is 5. The summed E-state index contributed by atoms with van der Waals surface area (Å²) in [6, 6.07) is 9.14. The van der Waals surface area contributed by atoms with E-state index < -0.39 is 0 Å². The van der Waals surface area contributed by atoms with Crippen molar-refractivity contribution in [3.8, 4) is 0 Å². The molecule has 2 fully saturated rings. The molecular weight excluding hydrogens is 277 g/mol. The molecule has 114 valence electrons. The zero-order valence-corrected chi connectivity index (χ0v) is 12.7. The highest BCUT2D eigenvalue weighted by Crippen LogP contribution is 2.45. The summed E-state index contributed by atoms with van der Waals surface area (Å²) < 4.78 is 13.2. The van der Waals surface area contributed by atoms with Crippen LogP contribution in [0.2, 0.25) is 0 Å². The zero-order chi connectivity index (χ0) is 15.1. The van der Waals surface area contributed by atoms with Gasteiger partial charge in [-0.25, -0.2) is 14.4 Å². The lowest BCUT2D eigenvalue weighted by Gasteiger charge is -2.30. The fourth-order valence-electron chi connectivity index (χ4n) is 3.12. The molecule has 0 radical (unpaired) electrons. The van der Waals surface area contributed by atoms with Crippen LogP contribution in [-0.2, 0) is 0 Å². The van der Waals surface area contributed by atoms with Crippen LogP contribution in [-0.4, -0.2) is 17.0 Å². The number of anilines is 1. The monoisotopic (exact) mass is 297 g/mol. The first-order valence-corrected chi connectivity index (χ1v) is 8.03. The minimum Gasteiger partial charge on any atom is -0.352 e. The Bertz CT molecular complexity index is 662. The van der Waals surface area contributed by atoms with Crippen molar-refractivity contribution in [1.29, 1.82) is 0 Å². The number of hydrogen-bond donors (Lipinski definition) is 0. The summed E-state index contributed by atoms with van der Waals surface area (Å²) >= 11 is 0. The van der Waals surface area contributed by atoms with Crippen LogP contribution in [0.15, 0.2) is 36.5 Å². The molecule has 0 N–H and O–H groups in total. The van der Waals surface area contributed by atoms with E-state index in [-0.39, 0.29) is 11.9 Å². The third-order valence-electron chi connectivity index (χ3n) is 4.66. The summed E-state index contributed by atoms with van der Waals surface area (Å²) in [5.74, 6) is 2.95. The van der Waals surface area contributed by atoms with Crippen LogP contribution in [0.3, 0.4) is 0 Å². The highest BCUT2D eigenvalue weighted by Gasteiger charge is 2.36. The molecule has 0 spiro atoms. The minimum absolute atomic E-state index is 0.181. The molecule has 2 aromatic rings. The van der Waals surface area contributed by atoms with E-state index in [4.69, 9.17) is 4.98 Å². The van der Waals surface area contributed by atoms with Crippen LogP contribution in [0.5, 0.6) is 0 Å². The van der Waals surface area contributed by atoms with Gasteiger partial charge in [-0.2, -0.15) is 0 Å². The highest BCUT2D eigenvalue weighted by atomic mass is 19.1. The topological polar surface area (TPSA) is 29.0 Å². The van der Waals surface area contributed by atoms with Gasteiger partial charge in [-0.1, -0.05) is 12.1 Å². The minimum atomic E-state index is -0.181. The van der Waals surface area contributed by atoms with E-state index in [0.717, 1.165) is 17.2 Å². The molecule has 22 heavy (non-hydrogen) atoms. The van der Waals surface area contributed by atoms with Gasteiger partial charge in [-0.15, -0.1) is 0 Å². The quantitative estimate of drug-likeness (QED) is 0.832. The standard InChI is InChI=1S/C18H20FN3/c1-22(16-10-11-20-18(21-16)14-4-5-14)17(12-2-3-12)13-6-8-15(19)9-7-13/h6-12,14,17H,2-5H2,1H3. The Kier molecular flexibility index (Phi) is 3.32. The fraction of sp³-hybridized carbons (Fsp3) is 0.444. The predicted octanol–water partition coefficient (Wildman–Crippen LogP) is 4.08. The van der Waals surface area contributed by atoms with E-state index in [1.807, 2.05) is 24.4 Å². The second-order valence-corrected chi connectivity index (χ2v) is 6.49. The van der Waals surface area contributed by atoms with Gasteiger partial charge >= 0.3 is 0 Å². The van der Waals surface area contributed by atoms with Gasteiger partial charge < -0.3 is 4.90 Å². The molecule has 0 aliphatic heterocycles. The Hall–Kier alpha value is -1.97. The van der Waals surface area contributed by atoms with Crippen molar-refractivity contribution in [3.05, 3.63) is 53.7 Å². The van der Waals surface area contributed by atoms with Gasteiger partial charge in [0.05, 0.1) is 6.04 Å². The Labute approximate surface area is 130 Å². The molecule has 2 aliphatic carbocycles. The van der Waals surface area contributed by atoms with Crippen molar-refractivity contribution in [3.63, 3.8) is 0 Å². The maximum atomic E-state index is 13.2. The van der Waals surface area contributed by atoms with Gasteiger partial charge in [0.25, 0.3) is 0 Å². The molecule has 0 saturated heterocycles. The van der Waals surface area contributed by atoms with Crippen LogP contribution in [0.4, 0.5) is 10.2 Å². The molecule has 1 unspecified atom stereocenters. The maximum Gasteiger partial charge on any atom is 0.133 e. The van der Waals surface area contributed by atoms with Crippen molar-refractivity contribution in [2.24, 2.45) is 5.92 Å². The third-order valence-corrected chi connectivity index (χ3v) is 4.66. The van der Waals surface area contributed by atoms with Crippen molar-refractivity contribution < 1.29 is 4.39 Å². The van der Waals surface area contributed by atoms with Crippen LogP contribution >= 0.6 is 0 Å². The number of aromatic nitrogens is 2. The maximum absolute atomic E-state index is 13.2. The van der Waals surface area contributed by atoms with Gasteiger partial charge in [0.2, 0.25) is 0 Å². The van der Waals surface area contributed by atoms with E-state index in [1.54, 1.807) is 12.1 Å². The average Bonchev–Trinajstić information content (AvgIpc) is 3.42. The molecule has 2 aliphatic rings. The van der Waals surface area contributed by atoms with Crippen LogP contribution in [0.25, 0.3) is 0 Å². The van der Waals surface area contributed by atoms with Crippen molar-refractivity contribution >= 4 is 5.82 Å². The Balaban J connectivity index is 1.64. The van der Waals surface area contributed by atoms with E-state index in [0.29, 0.717) is 11.8 Å². The summed E-state index contributed by atoms with van der Waals surface area (Å²) in [4.78, 5) is 11.4. The number of nitrogens with zero attached hydrogens (tertiary/aromatic N) is 3. The number of halogens is 1. The molecule has 3 nitrogen and oxygen atoms in total. The first-order chi connectivity index (χ1) is 10.7. The van der Waals surface area contributed by atoms with Crippen molar-refractivity contribution in [1.82, 2.24) is 9.97 Å².